The highest BCUT2D eigenvalue weighted by atomic mass is 16.1. The minimum absolute atomic E-state index is 0.235. The molecule has 0 aromatic rings. The summed E-state index contributed by atoms with van der Waals surface area (Å²) in [5.74, 6) is 0.235. The van der Waals surface area contributed by atoms with Crippen LogP contribution in [-0.4, -0.2) is 37.5 Å². The minimum atomic E-state index is 0.235. The van der Waals surface area contributed by atoms with E-state index in [4.69, 9.17) is 0 Å². The van der Waals surface area contributed by atoms with Crippen LogP contribution in [0.4, 0.5) is 0 Å². The largest absolute Gasteiger partial charge is 0.353 e. The normalized spacial score (nSPS) is 12.8. The topological polar surface area (TPSA) is 32.3 Å². The molecule has 3 heteroatoms. The highest BCUT2D eigenvalue weighted by Crippen LogP contribution is 2.16. The van der Waals surface area contributed by atoms with Gasteiger partial charge in [0, 0.05) is 19.0 Å². The highest BCUT2D eigenvalue weighted by molar-refractivity contribution is 5.76. The van der Waals surface area contributed by atoms with Crippen LogP contribution in [0.5, 0.6) is 0 Å². The molecular formula is C42H80N2O. The molecule has 45 heavy (non-hydrogen) atoms. The van der Waals surface area contributed by atoms with Gasteiger partial charge in [0.05, 0.1) is 0 Å². The summed E-state index contributed by atoms with van der Waals surface area (Å²) in [6, 6.07) is 0.363. The molecule has 0 radical (unpaired) electrons. The fraction of sp³-hybridized carbons (Fsp3) is 0.833. The lowest BCUT2D eigenvalue weighted by Crippen LogP contribution is -2.36. The quantitative estimate of drug-likeness (QED) is 0.0559. The van der Waals surface area contributed by atoms with Gasteiger partial charge in [-0.05, 0) is 84.7 Å². The first kappa shape index (κ1) is 43.6. The zero-order chi connectivity index (χ0) is 32.9. The van der Waals surface area contributed by atoms with Crippen molar-refractivity contribution in [2.75, 3.05) is 20.6 Å². The van der Waals surface area contributed by atoms with Gasteiger partial charge in [0.1, 0.15) is 0 Å². The first-order chi connectivity index (χ1) is 22.1. The SMILES string of the molecule is CCCCC/C=C\C/C=C\CCCCCCCCC(CCCCCCCC/C=C\CCCCCCCC)NC(=O)CCN(C)C. The molecule has 3 nitrogen and oxygen atoms in total. The zero-order valence-corrected chi connectivity index (χ0v) is 31.1. The molecule has 0 aliphatic heterocycles. The Morgan fingerprint density at radius 3 is 1.31 bits per heavy atom. The Balaban J connectivity index is 3.93. The van der Waals surface area contributed by atoms with Crippen LogP contribution in [0.1, 0.15) is 200 Å². The summed E-state index contributed by atoms with van der Waals surface area (Å²) in [6.45, 7) is 5.38. The second-order valence-electron chi connectivity index (χ2n) is 13.9. The lowest BCUT2D eigenvalue weighted by molar-refractivity contribution is -0.122. The molecule has 0 rings (SSSR count). The molecule has 0 bridgehead atoms. The predicted molar refractivity (Wildman–Crippen MR) is 203 cm³/mol. The van der Waals surface area contributed by atoms with Gasteiger partial charge in [-0.3, -0.25) is 4.79 Å². The van der Waals surface area contributed by atoms with Crippen molar-refractivity contribution in [3.63, 3.8) is 0 Å². The number of amides is 1. The monoisotopic (exact) mass is 629 g/mol. The van der Waals surface area contributed by atoms with Crippen LogP contribution in [0, 0.1) is 0 Å². The van der Waals surface area contributed by atoms with Crippen molar-refractivity contribution in [2.45, 2.75) is 206 Å². The Morgan fingerprint density at radius 1 is 0.511 bits per heavy atom. The van der Waals surface area contributed by atoms with Crippen LogP contribution in [0.25, 0.3) is 0 Å². The van der Waals surface area contributed by atoms with Crippen LogP contribution in [0.15, 0.2) is 36.5 Å². The molecule has 1 atom stereocenters. The molecule has 0 heterocycles. The van der Waals surface area contributed by atoms with E-state index in [0.29, 0.717) is 12.5 Å². The summed E-state index contributed by atoms with van der Waals surface area (Å²) in [5.41, 5.74) is 0. The van der Waals surface area contributed by atoms with E-state index in [9.17, 15) is 4.79 Å². The average Bonchev–Trinajstić information content (AvgIpc) is 3.03. The van der Waals surface area contributed by atoms with E-state index in [-0.39, 0.29) is 5.91 Å². The summed E-state index contributed by atoms with van der Waals surface area (Å²) in [7, 11) is 4.09. The molecule has 0 fully saturated rings. The van der Waals surface area contributed by atoms with Gasteiger partial charge in [-0.2, -0.15) is 0 Å². The maximum Gasteiger partial charge on any atom is 0.221 e. The average molecular weight is 629 g/mol. The molecule has 0 aromatic carbocycles. The first-order valence-electron chi connectivity index (χ1n) is 20.0. The Hall–Kier alpha value is -1.35. The second-order valence-corrected chi connectivity index (χ2v) is 13.9. The number of carbonyl (C=O) groups excluding carboxylic acids is 1. The molecule has 0 aliphatic rings. The van der Waals surface area contributed by atoms with Crippen LogP contribution in [0.3, 0.4) is 0 Å². The molecule has 0 spiro atoms. The number of allylic oxidation sites excluding steroid dienone is 6. The van der Waals surface area contributed by atoms with E-state index in [0.717, 1.165) is 25.8 Å². The van der Waals surface area contributed by atoms with Crippen molar-refractivity contribution in [1.29, 1.82) is 0 Å². The maximum absolute atomic E-state index is 12.5. The Morgan fingerprint density at radius 2 is 0.867 bits per heavy atom. The van der Waals surface area contributed by atoms with E-state index in [1.807, 2.05) is 14.1 Å². The molecule has 1 N–H and O–H groups in total. The van der Waals surface area contributed by atoms with E-state index < -0.39 is 0 Å². The molecule has 0 saturated heterocycles. The lowest BCUT2D eigenvalue weighted by Gasteiger charge is -2.20. The fourth-order valence-electron chi connectivity index (χ4n) is 5.93. The lowest BCUT2D eigenvalue weighted by atomic mass is 9.99. The molecule has 0 saturated carbocycles. The van der Waals surface area contributed by atoms with Crippen molar-refractivity contribution < 1.29 is 4.79 Å². The van der Waals surface area contributed by atoms with Crippen molar-refractivity contribution in [2.24, 2.45) is 0 Å². The predicted octanol–water partition coefficient (Wildman–Crippen LogP) is 13.1. The minimum Gasteiger partial charge on any atom is -0.353 e. The molecule has 1 unspecified atom stereocenters. The Labute approximate surface area is 283 Å². The Bertz CT molecular complexity index is 680. The highest BCUT2D eigenvalue weighted by Gasteiger charge is 2.12. The molecule has 264 valence electrons. The van der Waals surface area contributed by atoms with E-state index in [1.54, 1.807) is 0 Å². The number of carbonyl (C=O) groups is 1. The summed E-state index contributed by atoms with van der Waals surface area (Å²) in [6.07, 6.45) is 51.4. The van der Waals surface area contributed by atoms with Gasteiger partial charge in [0.2, 0.25) is 5.91 Å². The second kappa shape index (κ2) is 37.1. The van der Waals surface area contributed by atoms with Crippen molar-refractivity contribution >= 4 is 5.91 Å². The van der Waals surface area contributed by atoms with Crippen LogP contribution >= 0.6 is 0 Å². The van der Waals surface area contributed by atoms with Gasteiger partial charge in [0.25, 0.3) is 0 Å². The van der Waals surface area contributed by atoms with E-state index in [1.165, 1.54) is 161 Å². The number of hydrogen-bond donors (Lipinski definition) is 1. The van der Waals surface area contributed by atoms with E-state index >= 15 is 0 Å². The number of nitrogens with one attached hydrogen (secondary N) is 1. The number of nitrogens with zero attached hydrogens (tertiary/aromatic N) is 1. The zero-order valence-electron chi connectivity index (χ0n) is 31.1. The third-order valence-electron chi connectivity index (χ3n) is 8.97. The van der Waals surface area contributed by atoms with Crippen molar-refractivity contribution in [3.05, 3.63) is 36.5 Å². The number of unbranched alkanes of at least 4 members (excludes halogenated alkanes) is 21. The Kier molecular flexibility index (Phi) is 36.0. The summed E-state index contributed by atoms with van der Waals surface area (Å²) in [5, 5.41) is 3.39. The third kappa shape index (κ3) is 37.0. The van der Waals surface area contributed by atoms with Crippen molar-refractivity contribution in [3.8, 4) is 0 Å². The van der Waals surface area contributed by atoms with Gasteiger partial charge in [-0.15, -0.1) is 0 Å². The summed E-state index contributed by atoms with van der Waals surface area (Å²) >= 11 is 0. The smallest absolute Gasteiger partial charge is 0.221 e. The van der Waals surface area contributed by atoms with Crippen LogP contribution in [0.2, 0.25) is 0 Å². The van der Waals surface area contributed by atoms with Crippen molar-refractivity contribution in [1.82, 2.24) is 10.2 Å². The van der Waals surface area contributed by atoms with Crippen LogP contribution in [-0.2, 0) is 4.79 Å². The molecule has 1 amide bonds. The van der Waals surface area contributed by atoms with Gasteiger partial charge in [-0.1, -0.05) is 159 Å². The molecule has 0 aromatic heterocycles. The van der Waals surface area contributed by atoms with E-state index in [2.05, 4.69) is 60.5 Å². The van der Waals surface area contributed by atoms with Gasteiger partial charge in [-0.25, -0.2) is 0 Å². The van der Waals surface area contributed by atoms with Gasteiger partial charge >= 0.3 is 0 Å². The first-order valence-corrected chi connectivity index (χ1v) is 20.0. The standard InChI is InChI=1S/C42H80N2O/c1-5-7-9-11-13-15-17-19-21-23-25-27-29-31-33-35-37-41(43-42(45)39-40-44(3)4)38-36-34-32-30-28-26-24-22-20-18-16-14-12-10-8-6-2/h13,15,19-22,41H,5-12,14,16-18,23-40H2,1-4H3,(H,43,45)/b15-13-,21-19-,22-20-. The molecule has 0 aliphatic carbocycles. The summed E-state index contributed by atoms with van der Waals surface area (Å²) < 4.78 is 0. The third-order valence-corrected chi connectivity index (χ3v) is 8.97. The van der Waals surface area contributed by atoms with Crippen LogP contribution < -0.4 is 5.32 Å². The fourth-order valence-corrected chi connectivity index (χ4v) is 5.93. The number of hydrogen-bond acceptors (Lipinski definition) is 2. The number of rotatable bonds is 35. The summed E-state index contributed by atoms with van der Waals surface area (Å²) in [4.78, 5) is 14.6. The maximum atomic E-state index is 12.5. The van der Waals surface area contributed by atoms with Gasteiger partial charge < -0.3 is 10.2 Å². The van der Waals surface area contributed by atoms with Gasteiger partial charge in [0.15, 0.2) is 0 Å². The molecular weight excluding hydrogens is 548 g/mol.